The van der Waals surface area contributed by atoms with E-state index >= 15 is 0 Å². The van der Waals surface area contributed by atoms with Crippen LogP contribution in [0.2, 0.25) is 0 Å². The first kappa shape index (κ1) is 7.72. The van der Waals surface area contributed by atoms with Gasteiger partial charge in [0.15, 0.2) is 0 Å². The number of anilines is 1. The summed E-state index contributed by atoms with van der Waals surface area (Å²) < 4.78 is 0. The van der Waals surface area contributed by atoms with E-state index in [9.17, 15) is 0 Å². The number of nitrogens with zero attached hydrogens (tertiary/aromatic N) is 2. The molecule has 0 bridgehead atoms. The molecule has 0 aliphatic carbocycles. The minimum absolute atomic E-state index is 0.998. The fourth-order valence-corrected chi connectivity index (χ4v) is 0.802. The highest BCUT2D eigenvalue weighted by Crippen LogP contribution is 2.12. The van der Waals surface area contributed by atoms with Crippen LogP contribution in [0.15, 0.2) is 34.6 Å². The quantitative estimate of drug-likeness (QED) is 0.508. The summed E-state index contributed by atoms with van der Waals surface area (Å²) in [5.74, 6) is 0. The molecule has 11 heavy (non-hydrogen) atoms. The Labute approximate surface area is 66.1 Å². The predicted octanol–water partition coefficient (Wildman–Crippen LogP) is 2.40. The topological polar surface area (TPSA) is 36.8 Å². The van der Waals surface area contributed by atoms with Crippen molar-refractivity contribution < 1.29 is 0 Å². The van der Waals surface area contributed by atoms with E-state index in [1.165, 1.54) is 5.56 Å². The molecule has 0 radical (unpaired) electrons. The molecule has 0 aliphatic rings. The maximum absolute atomic E-state index is 3.68. The van der Waals surface area contributed by atoms with Crippen LogP contribution >= 0.6 is 0 Å². The lowest BCUT2D eigenvalue weighted by Crippen LogP contribution is -1.88. The first-order valence-corrected chi connectivity index (χ1v) is 3.45. The molecule has 1 aromatic rings. The van der Waals surface area contributed by atoms with Crippen LogP contribution in [-0.2, 0) is 0 Å². The molecule has 0 aliphatic heterocycles. The average Bonchev–Trinajstić information content (AvgIpc) is 2.03. The van der Waals surface area contributed by atoms with Gasteiger partial charge < -0.3 is 0 Å². The fraction of sp³-hybridized carbons (Fsp3) is 0.250. The van der Waals surface area contributed by atoms with Crippen molar-refractivity contribution in [3.8, 4) is 0 Å². The molecule has 3 nitrogen and oxygen atoms in total. The highest BCUT2D eigenvalue weighted by Gasteiger charge is 1.91. The minimum atomic E-state index is 0.998. The number of hydrogen-bond acceptors (Lipinski definition) is 2. The Balaban J connectivity index is 2.77. The highest BCUT2D eigenvalue weighted by molar-refractivity contribution is 5.49. The van der Waals surface area contributed by atoms with E-state index in [0.29, 0.717) is 0 Å². The van der Waals surface area contributed by atoms with E-state index in [4.69, 9.17) is 0 Å². The molecule has 0 aromatic heterocycles. The van der Waals surface area contributed by atoms with Gasteiger partial charge in [-0.15, -0.1) is 0 Å². The molecule has 3 heteroatoms. The molecular formula is C8H11N3. The van der Waals surface area contributed by atoms with Gasteiger partial charge in [0.1, 0.15) is 0 Å². The van der Waals surface area contributed by atoms with Crippen molar-refractivity contribution in [2.24, 2.45) is 10.3 Å². The van der Waals surface area contributed by atoms with E-state index in [2.05, 4.69) is 15.8 Å². The third-order valence-electron chi connectivity index (χ3n) is 1.42. The third kappa shape index (κ3) is 2.04. The van der Waals surface area contributed by atoms with Crippen LogP contribution in [0.3, 0.4) is 0 Å². The van der Waals surface area contributed by atoms with Crippen LogP contribution in [0.1, 0.15) is 5.56 Å². The van der Waals surface area contributed by atoms with Crippen LogP contribution in [0, 0.1) is 6.92 Å². The van der Waals surface area contributed by atoms with Crippen molar-refractivity contribution in [2.75, 3.05) is 12.5 Å². The van der Waals surface area contributed by atoms with Gasteiger partial charge in [-0.05, 0) is 18.6 Å². The fourth-order valence-electron chi connectivity index (χ4n) is 0.802. The molecule has 0 spiro atoms. The zero-order valence-corrected chi connectivity index (χ0v) is 6.70. The first-order valence-electron chi connectivity index (χ1n) is 3.45. The number of rotatable bonds is 2. The van der Waals surface area contributed by atoms with E-state index < -0.39 is 0 Å². The second kappa shape index (κ2) is 3.71. The zero-order chi connectivity index (χ0) is 8.10. The Bertz CT molecular complexity index is 255. The Kier molecular flexibility index (Phi) is 2.60. The van der Waals surface area contributed by atoms with Gasteiger partial charge in [-0.2, -0.15) is 5.11 Å². The second-order valence-corrected chi connectivity index (χ2v) is 2.23. The Morgan fingerprint density at radius 1 is 1.27 bits per heavy atom. The van der Waals surface area contributed by atoms with Gasteiger partial charge in [-0.3, -0.25) is 5.43 Å². The molecule has 1 rings (SSSR count). The summed E-state index contributed by atoms with van der Waals surface area (Å²) in [5, 5.41) is 7.26. The molecule has 0 amide bonds. The number of benzene rings is 1. The highest BCUT2D eigenvalue weighted by atomic mass is 15.4. The average molecular weight is 149 g/mol. The van der Waals surface area contributed by atoms with Crippen molar-refractivity contribution in [1.82, 2.24) is 0 Å². The Morgan fingerprint density at radius 2 is 2.00 bits per heavy atom. The first-order chi connectivity index (χ1) is 5.34. The molecule has 0 atom stereocenters. The smallest absolute Gasteiger partial charge is 0.0608 e. The van der Waals surface area contributed by atoms with Gasteiger partial charge in [0.25, 0.3) is 0 Å². The van der Waals surface area contributed by atoms with Crippen molar-refractivity contribution in [3.63, 3.8) is 0 Å². The SMILES string of the molecule is CN=NNc1ccccc1C. The lowest BCUT2D eigenvalue weighted by atomic mass is 10.2. The number of aryl methyl sites for hydroxylation is 1. The molecule has 0 saturated heterocycles. The summed E-state index contributed by atoms with van der Waals surface area (Å²) in [4.78, 5) is 0. The number of hydrogen-bond donors (Lipinski definition) is 1. The van der Waals surface area contributed by atoms with Crippen LogP contribution in [0.25, 0.3) is 0 Å². The van der Waals surface area contributed by atoms with Crippen molar-refractivity contribution in [2.45, 2.75) is 6.92 Å². The standard InChI is InChI=1S/C8H11N3/c1-7-5-3-4-6-8(7)10-11-9-2/h3-6H,1-2H3,(H,9,10). The van der Waals surface area contributed by atoms with Gasteiger partial charge in [-0.25, -0.2) is 0 Å². The molecule has 0 unspecified atom stereocenters. The molecule has 0 fully saturated rings. The third-order valence-corrected chi connectivity index (χ3v) is 1.42. The van der Waals surface area contributed by atoms with E-state index in [1.807, 2.05) is 31.2 Å². The summed E-state index contributed by atoms with van der Waals surface area (Å²) in [7, 11) is 1.63. The molecular weight excluding hydrogens is 138 g/mol. The Hall–Kier alpha value is -1.38. The Morgan fingerprint density at radius 3 is 2.64 bits per heavy atom. The van der Waals surface area contributed by atoms with Gasteiger partial charge in [-0.1, -0.05) is 23.4 Å². The maximum atomic E-state index is 3.68. The summed E-state index contributed by atoms with van der Waals surface area (Å²) in [5.41, 5.74) is 4.99. The summed E-state index contributed by atoms with van der Waals surface area (Å²) in [6, 6.07) is 7.93. The van der Waals surface area contributed by atoms with E-state index in [1.54, 1.807) is 7.05 Å². The molecule has 1 N–H and O–H groups in total. The van der Waals surface area contributed by atoms with E-state index in [-0.39, 0.29) is 0 Å². The number of para-hydroxylation sites is 1. The zero-order valence-electron chi connectivity index (χ0n) is 6.70. The molecule has 0 saturated carbocycles. The van der Waals surface area contributed by atoms with Crippen molar-refractivity contribution in [1.29, 1.82) is 0 Å². The van der Waals surface area contributed by atoms with Gasteiger partial charge in [0.2, 0.25) is 0 Å². The number of nitrogens with one attached hydrogen (secondary N) is 1. The summed E-state index contributed by atoms with van der Waals surface area (Å²) >= 11 is 0. The lowest BCUT2D eigenvalue weighted by Gasteiger charge is -2.00. The maximum Gasteiger partial charge on any atom is 0.0608 e. The van der Waals surface area contributed by atoms with Crippen LogP contribution in [0.5, 0.6) is 0 Å². The summed E-state index contributed by atoms with van der Waals surface area (Å²) in [6.07, 6.45) is 0. The van der Waals surface area contributed by atoms with Crippen molar-refractivity contribution in [3.05, 3.63) is 29.8 Å². The van der Waals surface area contributed by atoms with Gasteiger partial charge >= 0.3 is 0 Å². The lowest BCUT2D eigenvalue weighted by molar-refractivity contribution is 1.08. The minimum Gasteiger partial charge on any atom is -0.260 e. The predicted molar refractivity (Wildman–Crippen MR) is 45.6 cm³/mol. The summed E-state index contributed by atoms with van der Waals surface area (Å²) in [6.45, 7) is 2.02. The van der Waals surface area contributed by atoms with Crippen LogP contribution in [0.4, 0.5) is 5.69 Å². The molecule has 0 heterocycles. The molecule has 1 aromatic carbocycles. The molecule has 58 valence electrons. The van der Waals surface area contributed by atoms with Crippen LogP contribution in [-0.4, -0.2) is 7.05 Å². The van der Waals surface area contributed by atoms with Crippen molar-refractivity contribution >= 4 is 5.69 Å². The largest absolute Gasteiger partial charge is 0.260 e. The van der Waals surface area contributed by atoms with Gasteiger partial charge in [0, 0.05) is 0 Å². The monoisotopic (exact) mass is 149 g/mol. The van der Waals surface area contributed by atoms with E-state index in [0.717, 1.165) is 5.69 Å². The second-order valence-electron chi connectivity index (χ2n) is 2.23. The normalized spacial score (nSPS) is 10.4. The van der Waals surface area contributed by atoms with Gasteiger partial charge in [0.05, 0.1) is 12.7 Å². The van der Waals surface area contributed by atoms with Crippen LogP contribution < -0.4 is 5.43 Å².